The normalized spacial score (nSPS) is 19.7. The van der Waals surface area contributed by atoms with E-state index >= 15 is 0 Å². The van der Waals surface area contributed by atoms with Crippen LogP contribution < -0.4 is 15.4 Å². The van der Waals surface area contributed by atoms with Crippen molar-refractivity contribution in [2.75, 3.05) is 31.5 Å². The molecule has 1 aromatic carbocycles. The zero-order valence-electron chi connectivity index (χ0n) is 12.1. The van der Waals surface area contributed by atoms with Crippen LogP contribution in [0.4, 0.5) is 18.9 Å². The number of anilines is 1. The first kappa shape index (κ1) is 16.6. The molecule has 0 bridgehead atoms. The second-order valence-corrected chi connectivity index (χ2v) is 5.14. The monoisotopic (exact) mass is 317 g/mol. The molecular weight excluding hydrogens is 299 g/mol. The number of halogens is 3. The quantitative estimate of drug-likeness (QED) is 0.889. The van der Waals surface area contributed by atoms with E-state index in [0.717, 1.165) is 31.8 Å². The minimum absolute atomic E-state index is 0.196. The maximum atomic E-state index is 12.0. The molecule has 1 atom stereocenters. The van der Waals surface area contributed by atoms with Gasteiger partial charge < -0.3 is 15.4 Å². The molecule has 0 aromatic heterocycles. The SMILES string of the molecule is C[C@H]1CNCCN1CC(=O)Nc1ccc(OC(F)(F)F)cc1. The highest BCUT2D eigenvalue weighted by molar-refractivity contribution is 5.92. The largest absolute Gasteiger partial charge is 0.573 e. The Morgan fingerprint density at radius 3 is 2.68 bits per heavy atom. The average Bonchev–Trinajstić information content (AvgIpc) is 2.42. The van der Waals surface area contributed by atoms with Gasteiger partial charge in [0.1, 0.15) is 5.75 Å². The molecule has 22 heavy (non-hydrogen) atoms. The van der Waals surface area contributed by atoms with Crippen molar-refractivity contribution < 1.29 is 22.7 Å². The molecular formula is C14H18F3N3O2. The van der Waals surface area contributed by atoms with E-state index in [2.05, 4.69) is 15.4 Å². The molecule has 1 saturated heterocycles. The van der Waals surface area contributed by atoms with Crippen LogP contribution in [0.25, 0.3) is 0 Å². The Bertz CT molecular complexity index is 505. The van der Waals surface area contributed by atoms with Gasteiger partial charge in [0.2, 0.25) is 5.91 Å². The lowest BCUT2D eigenvalue weighted by Gasteiger charge is -2.33. The molecule has 0 aliphatic carbocycles. The minimum atomic E-state index is -4.72. The van der Waals surface area contributed by atoms with E-state index in [4.69, 9.17) is 0 Å². The van der Waals surface area contributed by atoms with E-state index < -0.39 is 6.36 Å². The molecule has 1 aliphatic heterocycles. The number of benzene rings is 1. The van der Waals surface area contributed by atoms with E-state index in [9.17, 15) is 18.0 Å². The van der Waals surface area contributed by atoms with Crippen LogP contribution >= 0.6 is 0 Å². The predicted octanol–water partition coefficient (Wildman–Crippen LogP) is 1.82. The molecule has 0 radical (unpaired) electrons. The number of nitrogens with zero attached hydrogens (tertiary/aromatic N) is 1. The first-order valence-electron chi connectivity index (χ1n) is 6.94. The summed E-state index contributed by atoms with van der Waals surface area (Å²) in [6, 6.07) is 5.34. The van der Waals surface area contributed by atoms with E-state index in [0.29, 0.717) is 5.69 Å². The number of nitrogens with one attached hydrogen (secondary N) is 2. The van der Waals surface area contributed by atoms with Crippen LogP contribution in [0, 0.1) is 0 Å². The molecule has 0 spiro atoms. The van der Waals surface area contributed by atoms with Gasteiger partial charge in [-0.25, -0.2) is 0 Å². The summed E-state index contributed by atoms with van der Waals surface area (Å²) in [4.78, 5) is 14.0. The maximum Gasteiger partial charge on any atom is 0.573 e. The Morgan fingerprint density at radius 2 is 2.09 bits per heavy atom. The van der Waals surface area contributed by atoms with Gasteiger partial charge in [0, 0.05) is 31.4 Å². The second kappa shape index (κ2) is 6.97. The Morgan fingerprint density at radius 1 is 1.41 bits per heavy atom. The molecule has 1 amide bonds. The van der Waals surface area contributed by atoms with E-state index in [-0.39, 0.29) is 24.2 Å². The molecule has 0 unspecified atom stereocenters. The van der Waals surface area contributed by atoms with E-state index in [1.54, 1.807) is 0 Å². The number of carbonyl (C=O) groups is 1. The summed E-state index contributed by atoms with van der Waals surface area (Å²) in [5.74, 6) is -0.514. The zero-order valence-corrected chi connectivity index (χ0v) is 12.1. The fourth-order valence-corrected chi connectivity index (χ4v) is 2.24. The molecule has 2 rings (SSSR count). The van der Waals surface area contributed by atoms with Crippen LogP contribution in [-0.4, -0.2) is 49.4 Å². The summed E-state index contributed by atoms with van der Waals surface area (Å²) in [6.07, 6.45) is -4.72. The van der Waals surface area contributed by atoms with Gasteiger partial charge in [0.05, 0.1) is 6.54 Å². The molecule has 1 fully saturated rings. The Labute approximate surface area is 126 Å². The lowest BCUT2D eigenvalue weighted by Crippen LogP contribution is -2.51. The van der Waals surface area contributed by atoms with Crippen LogP contribution in [0.1, 0.15) is 6.92 Å². The van der Waals surface area contributed by atoms with Gasteiger partial charge in [-0.15, -0.1) is 13.2 Å². The highest BCUT2D eigenvalue weighted by Crippen LogP contribution is 2.23. The van der Waals surface area contributed by atoms with Crippen LogP contribution in [-0.2, 0) is 4.79 Å². The Kier molecular flexibility index (Phi) is 5.25. The van der Waals surface area contributed by atoms with Gasteiger partial charge in [-0.1, -0.05) is 0 Å². The lowest BCUT2D eigenvalue weighted by molar-refractivity contribution is -0.274. The summed E-state index contributed by atoms with van der Waals surface area (Å²) in [5.41, 5.74) is 0.433. The molecule has 2 N–H and O–H groups in total. The third kappa shape index (κ3) is 5.19. The average molecular weight is 317 g/mol. The summed E-state index contributed by atoms with van der Waals surface area (Å²) >= 11 is 0. The van der Waals surface area contributed by atoms with Gasteiger partial charge in [0.25, 0.3) is 0 Å². The number of amides is 1. The van der Waals surface area contributed by atoms with Crippen molar-refractivity contribution in [3.63, 3.8) is 0 Å². The van der Waals surface area contributed by atoms with Crippen molar-refractivity contribution in [3.8, 4) is 5.75 Å². The van der Waals surface area contributed by atoms with Crippen molar-refractivity contribution in [3.05, 3.63) is 24.3 Å². The molecule has 8 heteroatoms. The number of hydrogen-bond acceptors (Lipinski definition) is 4. The van der Waals surface area contributed by atoms with Crippen molar-refractivity contribution in [1.29, 1.82) is 0 Å². The standard InChI is InChI=1S/C14H18F3N3O2/c1-10-8-18-6-7-20(10)9-13(21)19-11-2-4-12(5-3-11)22-14(15,16)17/h2-5,10,18H,6-9H2,1H3,(H,19,21)/t10-/m0/s1. The summed E-state index contributed by atoms with van der Waals surface area (Å²) in [7, 11) is 0. The van der Waals surface area contributed by atoms with E-state index in [1.165, 1.54) is 12.1 Å². The van der Waals surface area contributed by atoms with Crippen LogP contribution in [0.15, 0.2) is 24.3 Å². The molecule has 5 nitrogen and oxygen atoms in total. The minimum Gasteiger partial charge on any atom is -0.406 e. The number of ether oxygens (including phenoxy) is 1. The third-order valence-corrected chi connectivity index (χ3v) is 3.36. The first-order chi connectivity index (χ1) is 10.3. The second-order valence-electron chi connectivity index (χ2n) is 5.14. The Hall–Kier alpha value is -1.80. The molecule has 1 aliphatic rings. The highest BCUT2D eigenvalue weighted by atomic mass is 19.4. The van der Waals surface area contributed by atoms with Crippen molar-refractivity contribution in [2.24, 2.45) is 0 Å². The van der Waals surface area contributed by atoms with Gasteiger partial charge in [0.15, 0.2) is 0 Å². The molecule has 1 aromatic rings. The van der Waals surface area contributed by atoms with Crippen molar-refractivity contribution >= 4 is 11.6 Å². The van der Waals surface area contributed by atoms with Crippen molar-refractivity contribution in [1.82, 2.24) is 10.2 Å². The fraction of sp³-hybridized carbons (Fsp3) is 0.500. The molecule has 0 saturated carbocycles. The lowest BCUT2D eigenvalue weighted by atomic mass is 10.2. The van der Waals surface area contributed by atoms with Gasteiger partial charge in [-0.2, -0.15) is 0 Å². The predicted molar refractivity (Wildman–Crippen MR) is 75.7 cm³/mol. The highest BCUT2D eigenvalue weighted by Gasteiger charge is 2.31. The van der Waals surface area contributed by atoms with Gasteiger partial charge >= 0.3 is 6.36 Å². The van der Waals surface area contributed by atoms with Gasteiger partial charge in [-0.05, 0) is 31.2 Å². The fourth-order valence-electron chi connectivity index (χ4n) is 2.24. The first-order valence-corrected chi connectivity index (χ1v) is 6.94. The summed E-state index contributed by atoms with van der Waals surface area (Å²) < 4.78 is 39.9. The zero-order chi connectivity index (χ0) is 16.2. The molecule has 122 valence electrons. The third-order valence-electron chi connectivity index (χ3n) is 3.36. The van der Waals surface area contributed by atoms with Gasteiger partial charge in [-0.3, -0.25) is 9.69 Å². The number of alkyl halides is 3. The van der Waals surface area contributed by atoms with Crippen LogP contribution in [0.3, 0.4) is 0 Å². The topological polar surface area (TPSA) is 53.6 Å². The number of hydrogen-bond donors (Lipinski definition) is 2. The van der Waals surface area contributed by atoms with Crippen molar-refractivity contribution in [2.45, 2.75) is 19.3 Å². The number of piperazine rings is 1. The molecule has 1 heterocycles. The smallest absolute Gasteiger partial charge is 0.406 e. The Balaban J connectivity index is 1.86. The van der Waals surface area contributed by atoms with Crippen LogP contribution in [0.2, 0.25) is 0 Å². The number of carbonyl (C=O) groups excluding carboxylic acids is 1. The summed E-state index contributed by atoms with van der Waals surface area (Å²) in [5, 5.41) is 5.90. The summed E-state index contributed by atoms with van der Waals surface area (Å²) in [6.45, 7) is 4.73. The van der Waals surface area contributed by atoms with E-state index in [1.807, 2.05) is 11.8 Å². The maximum absolute atomic E-state index is 12.0. The number of rotatable bonds is 4. The van der Waals surface area contributed by atoms with Crippen LogP contribution in [0.5, 0.6) is 5.75 Å².